The zero-order chi connectivity index (χ0) is 13.5. The van der Waals surface area contributed by atoms with E-state index in [1.165, 1.54) is 19.9 Å². The van der Waals surface area contributed by atoms with Crippen LogP contribution in [-0.4, -0.2) is 32.8 Å². The molecule has 0 atom stereocenters. The van der Waals surface area contributed by atoms with Crippen LogP contribution in [0.3, 0.4) is 0 Å². The van der Waals surface area contributed by atoms with Gasteiger partial charge < -0.3 is 10.2 Å². The lowest BCUT2D eigenvalue weighted by molar-refractivity contribution is 0.439. The van der Waals surface area contributed by atoms with E-state index in [-0.39, 0.29) is 22.3 Å². The molecule has 0 aliphatic carbocycles. The molecule has 1 aromatic heterocycles. The summed E-state index contributed by atoms with van der Waals surface area (Å²) < 4.78 is 25.5. The molecule has 0 unspecified atom stereocenters. The van der Waals surface area contributed by atoms with E-state index < -0.39 is 15.8 Å². The van der Waals surface area contributed by atoms with Gasteiger partial charge >= 0.3 is 0 Å². The maximum absolute atomic E-state index is 12.3. The summed E-state index contributed by atoms with van der Waals surface area (Å²) in [7, 11) is -3.97. The molecule has 2 rings (SSSR count). The lowest BCUT2D eigenvalue weighted by atomic mass is 10.3. The van der Waals surface area contributed by atoms with Crippen molar-refractivity contribution >= 4 is 10.0 Å². The van der Waals surface area contributed by atoms with Crippen LogP contribution in [0.25, 0.3) is 0 Å². The van der Waals surface area contributed by atoms with E-state index in [2.05, 4.69) is 10.2 Å². The van der Waals surface area contributed by atoms with Gasteiger partial charge in [0.2, 0.25) is 0 Å². The molecule has 18 heavy (non-hydrogen) atoms. The van der Waals surface area contributed by atoms with Crippen LogP contribution in [-0.2, 0) is 10.0 Å². The summed E-state index contributed by atoms with van der Waals surface area (Å²) in [5.74, 6) is -0.355. The van der Waals surface area contributed by atoms with E-state index in [0.717, 1.165) is 16.1 Å². The molecule has 0 amide bonds. The minimum Gasteiger partial charge on any atom is -0.508 e. The van der Waals surface area contributed by atoms with E-state index in [4.69, 9.17) is 5.11 Å². The number of aromatic hydroxyl groups is 2. The van der Waals surface area contributed by atoms with Crippen LogP contribution in [0.15, 0.2) is 23.1 Å². The highest BCUT2D eigenvalue weighted by Crippen LogP contribution is 2.29. The summed E-state index contributed by atoms with van der Waals surface area (Å²) in [6, 6.07) is 3.27. The smallest absolute Gasteiger partial charge is 0.274 e. The Morgan fingerprint density at radius 3 is 2.17 bits per heavy atom. The molecule has 0 aliphatic rings. The van der Waals surface area contributed by atoms with Gasteiger partial charge in [-0.2, -0.15) is 0 Å². The molecule has 0 spiro atoms. The van der Waals surface area contributed by atoms with Gasteiger partial charge in [-0.25, -0.2) is 12.4 Å². The standard InChI is InChI=1S/C10H11N3O4S/c1-6-11-12-7(2)13(6)18(16,17)10-4-3-8(14)5-9(10)15/h3-5,14-15H,1-2H3. The first-order valence-electron chi connectivity index (χ1n) is 5.00. The number of rotatable bonds is 2. The van der Waals surface area contributed by atoms with E-state index in [1.54, 1.807) is 0 Å². The molecule has 0 saturated carbocycles. The second kappa shape index (κ2) is 3.98. The van der Waals surface area contributed by atoms with Crippen LogP contribution in [0.4, 0.5) is 0 Å². The Morgan fingerprint density at radius 2 is 1.67 bits per heavy atom. The first-order chi connectivity index (χ1) is 8.34. The Morgan fingerprint density at radius 1 is 1.11 bits per heavy atom. The Bertz CT molecular complexity index is 686. The van der Waals surface area contributed by atoms with Gasteiger partial charge in [0.25, 0.3) is 10.0 Å². The Balaban J connectivity index is 2.70. The fourth-order valence-electron chi connectivity index (χ4n) is 1.63. The molecule has 7 nitrogen and oxygen atoms in total. The van der Waals surface area contributed by atoms with Crippen LogP contribution in [0.1, 0.15) is 11.6 Å². The van der Waals surface area contributed by atoms with Crippen molar-refractivity contribution in [3.8, 4) is 11.5 Å². The number of phenols is 2. The molecule has 0 aliphatic heterocycles. The molecule has 1 aromatic carbocycles. The second-order valence-corrected chi connectivity index (χ2v) is 5.47. The molecule has 2 N–H and O–H groups in total. The van der Waals surface area contributed by atoms with Crippen LogP contribution >= 0.6 is 0 Å². The molecule has 0 radical (unpaired) electrons. The van der Waals surface area contributed by atoms with Crippen molar-refractivity contribution in [2.75, 3.05) is 0 Å². The number of aromatic nitrogens is 3. The average Bonchev–Trinajstić information content (AvgIpc) is 2.58. The van der Waals surface area contributed by atoms with E-state index in [1.807, 2.05) is 0 Å². The third-order valence-electron chi connectivity index (χ3n) is 2.39. The SMILES string of the molecule is Cc1nnc(C)n1S(=O)(=O)c1ccc(O)cc1O. The molecule has 0 saturated heterocycles. The number of phenolic OH excluding ortho intramolecular Hbond substituents is 2. The molecular formula is C10H11N3O4S. The predicted molar refractivity (Wildman–Crippen MR) is 61.9 cm³/mol. The van der Waals surface area contributed by atoms with Gasteiger partial charge in [0.05, 0.1) is 0 Å². The molecule has 0 bridgehead atoms. The minimum atomic E-state index is -3.97. The summed E-state index contributed by atoms with van der Waals surface area (Å²) in [6.45, 7) is 2.99. The first-order valence-corrected chi connectivity index (χ1v) is 6.44. The Hall–Kier alpha value is -2.09. The zero-order valence-electron chi connectivity index (χ0n) is 9.69. The number of hydrogen-bond acceptors (Lipinski definition) is 6. The summed E-state index contributed by atoms with van der Waals surface area (Å²) in [5, 5.41) is 26.1. The minimum absolute atomic E-state index is 0.194. The second-order valence-electron chi connectivity index (χ2n) is 3.72. The van der Waals surface area contributed by atoms with Gasteiger partial charge in [0.15, 0.2) is 0 Å². The zero-order valence-corrected chi connectivity index (χ0v) is 10.5. The number of aryl methyl sites for hydroxylation is 2. The summed E-state index contributed by atoms with van der Waals surface area (Å²) in [5.41, 5.74) is 0. The summed E-state index contributed by atoms with van der Waals surface area (Å²) >= 11 is 0. The number of hydrogen-bond donors (Lipinski definition) is 2. The van der Waals surface area contributed by atoms with Crippen LogP contribution < -0.4 is 0 Å². The topological polar surface area (TPSA) is 105 Å². The maximum Gasteiger partial charge on any atom is 0.274 e. The summed E-state index contributed by atoms with van der Waals surface area (Å²) in [6.07, 6.45) is 0. The largest absolute Gasteiger partial charge is 0.508 e. The fourth-order valence-corrected chi connectivity index (χ4v) is 3.16. The van der Waals surface area contributed by atoms with Gasteiger partial charge in [0.1, 0.15) is 28.0 Å². The van der Waals surface area contributed by atoms with Gasteiger partial charge in [-0.15, -0.1) is 10.2 Å². The number of benzene rings is 1. The highest BCUT2D eigenvalue weighted by Gasteiger charge is 2.25. The first kappa shape index (κ1) is 12.4. The molecule has 1 heterocycles. The van der Waals surface area contributed by atoms with E-state index in [0.29, 0.717) is 0 Å². The third-order valence-corrected chi connectivity index (χ3v) is 4.30. The molecule has 96 valence electrons. The molecule has 0 fully saturated rings. The monoisotopic (exact) mass is 269 g/mol. The van der Waals surface area contributed by atoms with Crippen molar-refractivity contribution in [2.24, 2.45) is 0 Å². The van der Waals surface area contributed by atoms with Gasteiger partial charge in [-0.05, 0) is 26.0 Å². The lowest BCUT2D eigenvalue weighted by Gasteiger charge is -2.09. The Labute approximate surface area is 103 Å². The normalized spacial score (nSPS) is 11.7. The van der Waals surface area contributed by atoms with Crippen molar-refractivity contribution < 1.29 is 18.6 Å². The predicted octanol–water partition coefficient (Wildman–Crippen LogP) is 0.543. The van der Waals surface area contributed by atoms with E-state index in [9.17, 15) is 13.5 Å². The van der Waals surface area contributed by atoms with Crippen LogP contribution in [0.5, 0.6) is 11.5 Å². The van der Waals surface area contributed by atoms with Crippen molar-refractivity contribution in [3.63, 3.8) is 0 Å². The van der Waals surface area contributed by atoms with Gasteiger partial charge in [-0.3, -0.25) is 0 Å². The molecular weight excluding hydrogens is 258 g/mol. The van der Waals surface area contributed by atoms with E-state index >= 15 is 0 Å². The average molecular weight is 269 g/mol. The number of nitrogens with zero attached hydrogens (tertiary/aromatic N) is 3. The van der Waals surface area contributed by atoms with Crippen molar-refractivity contribution in [1.82, 2.24) is 14.2 Å². The third kappa shape index (κ3) is 1.80. The van der Waals surface area contributed by atoms with Crippen molar-refractivity contribution in [3.05, 3.63) is 29.8 Å². The Kier molecular flexibility index (Phi) is 2.74. The van der Waals surface area contributed by atoms with Gasteiger partial charge in [0, 0.05) is 6.07 Å². The lowest BCUT2D eigenvalue weighted by Crippen LogP contribution is -2.16. The molecule has 8 heteroatoms. The molecule has 2 aromatic rings. The maximum atomic E-state index is 12.3. The van der Waals surface area contributed by atoms with Crippen molar-refractivity contribution in [1.29, 1.82) is 0 Å². The van der Waals surface area contributed by atoms with Crippen LogP contribution in [0.2, 0.25) is 0 Å². The quantitative estimate of drug-likeness (QED) is 0.824. The van der Waals surface area contributed by atoms with Gasteiger partial charge in [-0.1, -0.05) is 0 Å². The fraction of sp³-hybridized carbons (Fsp3) is 0.200. The highest BCUT2D eigenvalue weighted by atomic mass is 32.2. The van der Waals surface area contributed by atoms with Crippen molar-refractivity contribution in [2.45, 2.75) is 18.7 Å². The highest BCUT2D eigenvalue weighted by molar-refractivity contribution is 7.90. The summed E-state index contributed by atoms with van der Waals surface area (Å²) in [4.78, 5) is -0.314. The van der Waals surface area contributed by atoms with Crippen LogP contribution in [0, 0.1) is 13.8 Å².